The minimum absolute atomic E-state index is 0.0801. The second kappa shape index (κ2) is 7.97. The number of amides is 1. The van der Waals surface area contributed by atoms with Gasteiger partial charge in [-0.25, -0.2) is 8.42 Å². The number of nitrogens with zero attached hydrogens (tertiary/aromatic N) is 1. The van der Waals surface area contributed by atoms with Crippen LogP contribution in [0.15, 0.2) is 29.2 Å². The first kappa shape index (κ1) is 20.2. The van der Waals surface area contributed by atoms with Crippen LogP contribution in [0.4, 0.5) is 0 Å². The smallest absolute Gasteiger partial charge is 0.251 e. The molecule has 1 atom stereocenters. The number of rotatable bonds is 5. The number of benzene rings is 1. The lowest BCUT2D eigenvalue weighted by Crippen LogP contribution is -2.43. The van der Waals surface area contributed by atoms with Crippen LogP contribution >= 0.6 is 11.3 Å². The third-order valence-corrected chi connectivity index (χ3v) is 8.37. The molecule has 1 amide bonds. The van der Waals surface area contributed by atoms with Crippen molar-refractivity contribution in [3.8, 4) is 11.5 Å². The Kier molecular flexibility index (Phi) is 5.54. The molecule has 3 heterocycles. The summed E-state index contributed by atoms with van der Waals surface area (Å²) in [7, 11) is -3.50. The van der Waals surface area contributed by atoms with Gasteiger partial charge in [-0.15, -0.1) is 11.3 Å². The fourth-order valence-corrected chi connectivity index (χ4v) is 6.87. The van der Waals surface area contributed by atoms with Crippen molar-refractivity contribution in [2.75, 3.05) is 26.4 Å². The van der Waals surface area contributed by atoms with Crippen molar-refractivity contribution < 1.29 is 22.7 Å². The monoisotopic (exact) mass is 436 g/mol. The Morgan fingerprint density at radius 2 is 2.03 bits per heavy atom. The first-order chi connectivity index (χ1) is 13.8. The van der Waals surface area contributed by atoms with Gasteiger partial charge in [0.1, 0.15) is 0 Å². The molecular weight excluding hydrogens is 412 g/mol. The highest BCUT2D eigenvalue weighted by Gasteiger charge is 2.32. The summed E-state index contributed by atoms with van der Waals surface area (Å²) in [5.41, 5.74) is 0.499. The summed E-state index contributed by atoms with van der Waals surface area (Å²) in [5, 5.41) is 2.93. The SMILES string of the molecule is Cc1cc(S(=O)(=O)N2CCCC(CNC(=O)c3ccc4c(c3)OCO4)C2)c(C)s1. The number of piperidine rings is 1. The molecule has 4 rings (SSSR count). The Morgan fingerprint density at radius 3 is 2.79 bits per heavy atom. The van der Waals surface area contributed by atoms with E-state index in [2.05, 4.69) is 5.32 Å². The molecule has 0 saturated carbocycles. The van der Waals surface area contributed by atoms with E-state index in [1.54, 1.807) is 28.6 Å². The minimum Gasteiger partial charge on any atom is -0.454 e. The molecule has 0 bridgehead atoms. The van der Waals surface area contributed by atoms with E-state index in [4.69, 9.17) is 9.47 Å². The zero-order chi connectivity index (χ0) is 20.6. The van der Waals surface area contributed by atoms with E-state index in [1.165, 1.54) is 11.3 Å². The largest absolute Gasteiger partial charge is 0.454 e. The lowest BCUT2D eigenvalue weighted by atomic mass is 9.99. The quantitative estimate of drug-likeness (QED) is 0.779. The van der Waals surface area contributed by atoms with Crippen LogP contribution in [0.5, 0.6) is 11.5 Å². The van der Waals surface area contributed by atoms with E-state index in [0.717, 1.165) is 22.6 Å². The van der Waals surface area contributed by atoms with Crippen LogP contribution in [0, 0.1) is 19.8 Å². The lowest BCUT2D eigenvalue weighted by molar-refractivity contribution is 0.0941. The molecule has 0 radical (unpaired) electrons. The number of aryl methyl sites for hydroxylation is 2. The van der Waals surface area contributed by atoms with Gasteiger partial charge in [0.05, 0.1) is 4.90 Å². The highest BCUT2D eigenvalue weighted by atomic mass is 32.2. The number of thiophene rings is 1. The zero-order valence-corrected chi connectivity index (χ0v) is 18.1. The standard InChI is InChI=1S/C20H24N2O5S2/c1-13-8-19(14(2)28-13)29(24,25)22-7-3-4-15(11-22)10-21-20(23)16-5-6-17-18(9-16)27-12-26-17/h5-6,8-9,15H,3-4,7,10-12H2,1-2H3,(H,21,23). The maximum absolute atomic E-state index is 13.1. The highest BCUT2D eigenvalue weighted by Crippen LogP contribution is 2.33. The fraction of sp³-hybridized carbons (Fsp3) is 0.450. The van der Waals surface area contributed by atoms with Crippen LogP contribution < -0.4 is 14.8 Å². The topological polar surface area (TPSA) is 84.9 Å². The molecule has 7 nitrogen and oxygen atoms in total. The summed E-state index contributed by atoms with van der Waals surface area (Å²) >= 11 is 1.50. The molecule has 1 unspecified atom stereocenters. The fourth-order valence-electron chi connectivity index (χ4n) is 3.79. The highest BCUT2D eigenvalue weighted by molar-refractivity contribution is 7.89. The zero-order valence-electron chi connectivity index (χ0n) is 16.4. The van der Waals surface area contributed by atoms with Gasteiger partial charge in [0.15, 0.2) is 11.5 Å². The van der Waals surface area contributed by atoms with Crippen molar-refractivity contribution in [3.63, 3.8) is 0 Å². The molecule has 1 fully saturated rings. The first-order valence-electron chi connectivity index (χ1n) is 9.59. The Bertz CT molecular complexity index is 1030. The van der Waals surface area contributed by atoms with Crippen molar-refractivity contribution in [1.82, 2.24) is 9.62 Å². The molecular formula is C20H24N2O5S2. The number of sulfonamides is 1. The molecule has 0 spiro atoms. The van der Waals surface area contributed by atoms with E-state index < -0.39 is 10.0 Å². The molecule has 1 saturated heterocycles. The number of ether oxygens (including phenoxy) is 2. The molecule has 9 heteroatoms. The average molecular weight is 437 g/mol. The first-order valence-corrected chi connectivity index (χ1v) is 11.9. The molecule has 2 aliphatic heterocycles. The summed E-state index contributed by atoms with van der Waals surface area (Å²) in [6.45, 7) is 5.29. The van der Waals surface area contributed by atoms with Gasteiger partial charge in [-0.3, -0.25) is 4.79 Å². The van der Waals surface area contributed by atoms with Crippen LogP contribution in [-0.4, -0.2) is 45.1 Å². The van der Waals surface area contributed by atoms with Crippen LogP contribution in [0.25, 0.3) is 0 Å². The van der Waals surface area contributed by atoms with Crippen molar-refractivity contribution in [2.45, 2.75) is 31.6 Å². The minimum atomic E-state index is -3.50. The van der Waals surface area contributed by atoms with E-state index in [-0.39, 0.29) is 18.6 Å². The summed E-state index contributed by atoms with van der Waals surface area (Å²) < 4.78 is 38.2. The Hall–Kier alpha value is -2.10. The number of hydrogen-bond acceptors (Lipinski definition) is 6. The summed E-state index contributed by atoms with van der Waals surface area (Å²) in [5.74, 6) is 1.08. The van der Waals surface area contributed by atoms with Gasteiger partial charge in [-0.05, 0) is 56.9 Å². The number of hydrogen-bond donors (Lipinski definition) is 1. The van der Waals surface area contributed by atoms with E-state index >= 15 is 0 Å². The Labute approximate surface area is 174 Å². The van der Waals surface area contributed by atoms with E-state index in [9.17, 15) is 13.2 Å². The van der Waals surface area contributed by atoms with Gasteiger partial charge in [0, 0.05) is 35.0 Å². The van der Waals surface area contributed by atoms with Gasteiger partial charge in [0.25, 0.3) is 5.91 Å². The van der Waals surface area contributed by atoms with Gasteiger partial charge >= 0.3 is 0 Å². The van der Waals surface area contributed by atoms with E-state index in [0.29, 0.717) is 41.6 Å². The van der Waals surface area contributed by atoms with Gasteiger partial charge < -0.3 is 14.8 Å². The molecule has 1 aromatic carbocycles. The number of carbonyl (C=O) groups excluding carboxylic acids is 1. The maximum Gasteiger partial charge on any atom is 0.251 e. The van der Waals surface area contributed by atoms with Gasteiger partial charge in [-0.1, -0.05) is 0 Å². The molecule has 0 aliphatic carbocycles. The van der Waals surface area contributed by atoms with Crippen LogP contribution in [0.2, 0.25) is 0 Å². The Morgan fingerprint density at radius 1 is 1.24 bits per heavy atom. The van der Waals surface area contributed by atoms with Crippen LogP contribution in [-0.2, 0) is 10.0 Å². The van der Waals surface area contributed by atoms with Gasteiger partial charge in [0.2, 0.25) is 16.8 Å². The third-order valence-electron chi connectivity index (χ3n) is 5.28. The summed E-state index contributed by atoms with van der Waals surface area (Å²) in [4.78, 5) is 14.7. The summed E-state index contributed by atoms with van der Waals surface area (Å²) in [6, 6.07) is 6.83. The third kappa shape index (κ3) is 4.12. The number of nitrogens with one attached hydrogen (secondary N) is 1. The summed E-state index contributed by atoms with van der Waals surface area (Å²) in [6.07, 6.45) is 1.67. The van der Waals surface area contributed by atoms with Crippen molar-refractivity contribution in [3.05, 3.63) is 39.6 Å². The molecule has 156 valence electrons. The van der Waals surface area contributed by atoms with Crippen molar-refractivity contribution in [1.29, 1.82) is 0 Å². The number of fused-ring (bicyclic) bond motifs is 1. The average Bonchev–Trinajstić information content (AvgIpc) is 3.31. The predicted molar refractivity (Wildman–Crippen MR) is 110 cm³/mol. The molecule has 29 heavy (non-hydrogen) atoms. The Balaban J connectivity index is 1.39. The molecule has 1 N–H and O–H groups in total. The van der Waals surface area contributed by atoms with Crippen LogP contribution in [0.3, 0.4) is 0 Å². The van der Waals surface area contributed by atoms with Crippen LogP contribution in [0.1, 0.15) is 33.0 Å². The van der Waals surface area contributed by atoms with Gasteiger partial charge in [-0.2, -0.15) is 4.31 Å². The number of carbonyl (C=O) groups is 1. The molecule has 2 aliphatic rings. The van der Waals surface area contributed by atoms with Crippen molar-refractivity contribution in [2.24, 2.45) is 5.92 Å². The predicted octanol–water partition coefficient (Wildman–Crippen LogP) is 2.92. The second-order valence-electron chi connectivity index (χ2n) is 7.43. The second-order valence-corrected chi connectivity index (χ2v) is 10.8. The maximum atomic E-state index is 13.1. The van der Waals surface area contributed by atoms with Crippen molar-refractivity contribution >= 4 is 27.3 Å². The normalized spacial score (nSPS) is 19.3. The van der Waals surface area contributed by atoms with E-state index in [1.807, 2.05) is 13.8 Å². The lowest BCUT2D eigenvalue weighted by Gasteiger charge is -2.32. The molecule has 1 aromatic heterocycles. The molecule has 2 aromatic rings.